The van der Waals surface area contributed by atoms with E-state index in [0.29, 0.717) is 6.54 Å². The van der Waals surface area contributed by atoms with Crippen molar-refractivity contribution < 1.29 is 5.48 Å². The maximum absolute atomic E-state index is 9.93. The number of hydroxylamine groups is 1. The lowest BCUT2D eigenvalue weighted by molar-refractivity contribution is -0.606. The summed E-state index contributed by atoms with van der Waals surface area (Å²) in [5.41, 5.74) is 1.68. The first-order chi connectivity index (χ1) is 4.43. The van der Waals surface area contributed by atoms with Gasteiger partial charge in [-0.3, -0.25) is 4.98 Å². The average molecular weight is 124 g/mol. The largest absolute Gasteiger partial charge is 0.635 e. The van der Waals surface area contributed by atoms with Crippen LogP contribution in [0.5, 0.6) is 0 Å². The van der Waals surface area contributed by atoms with Crippen LogP contribution in [0.15, 0.2) is 24.4 Å². The van der Waals surface area contributed by atoms with Gasteiger partial charge in [0.05, 0.1) is 5.69 Å². The van der Waals surface area contributed by atoms with E-state index in [-0.39, 0.29) is 0 Å². The number of nitrogens with zero attached hydrogens (tertiary/aromatic N) is 1. The topological polar surface area (TPSA) is 52.6 Å². The van der Waals surface area contributed by atoms with Crippen molar-refractivity contribution in [3.63, 3.8) is 0 Å². The molecule has 3 nitrogen and oxygen atoms in total. The van der Waals surface area contributed by atoms with E-state index >= 15 is 0 Å². The Labute approximate surface area is 53.3 Å². The molecule has 0 amide bonds. The third-order valence-electron chi connectivity index (χ3n) is 1.02. The highest BCUT2D eigenvalue weighted by Crippen LogP contribution is 1.87. The van der Waals surface area contributed by atoms with Gasteiger partial charge in [-0.1, -0.05) is 6.07 Å². The van der Waals surface area contributed by atoms with Crippen molar-refractivity contribution in [2.24, 2.45) is 0 Å². The predicted octanol–water partition coefficient (Wildman–Crippen LogP) is -0.357. The zero-order chi connectivity index (χ0) is 6.53. The summed E-state index contributed by atoms with van der Waals surface area (Å²) in [6.07, 6.45) is 1.68. The standard InChI is InChI=1S/C6H8N2O/c9-8-5-6-3-1-2-4-7-6/h1-4H,5,8H2. The van der Waals surface area contributed by atoms with Crippen LogP contribution in [-0.4, -0.2) is 4.98 Å². The first-order valence-corrected chi connectivity index (χ1v) is 2.77. The predicted molar refractivity (Wildman–Crippen MR) is 33.2 cm³/mol. The lowest BCUT2D eigenvalue weighted by atomic mass is 10.4. The second-order valence-electron chi connectivity index (χ2n) is 1.69. The summed E-state index contributed by atoms with van der Waals surface area (Å²) >= 11 is 0. The molecule has 0 aliphatic rings. The molecule has 0 bridgehead atoms. The van der Waals surface area contributed by atoms with Crippen molar-refractivity contribution >= 4 is 0 Å². The fourth-order valence-corrected chi connectivity index (χ4v) is 0.604. The van der Waals surface area contributed by atoms with E-state index in [2.05, 4.69) is 4.98 Å². The molecule has 0 saturated carbocycles. The number of pyridine rings is 1. The number of hydrogen-bond acceptors (Lipinski definition) is 2. The Kier molecular flexibility index (Phi) is 2.18. The highest BCUT2D eigenvalue weighted by atomic mass is 16.5. The molecule has 1 rings (SSSR count). The van der Waals surface area contributed by atoms with Gasteiger partial charge in [-0.2, -0.15) is 0 Å². The Morgan fingerprint density at radius 2 is 2.44 bits per heavy atom. The third kappa shape index (κ3) is 1.79. The second-order valence-corrected chi connectivity index (χ2v) is 1.69. The minimum atomic E-state index is 0.417. The van der Waals surface area contributed by atoms with Gasteiger partial charge in [0.25, 0.3) is 0 Å². The minimum Gasteiger partial charge on any atom is -0.635 e. The first kappa shape index (κ1) is 6.19. The molecule has 0 radical (unpaired) electrons. The molecular weight excluding hydrogens is 116 g/mol. The second kappa shape index (κ2) is 3.17. The number of aromatic nitrogens is 1. The highest BCUT2D eigenvalue weighted by molar-refractivity contribution is 5.01. The molecule has 1 aromatic rings. The molecule has 9 heavy (non-hydrogen) atoms. The van der Waals surface area contributed by atoms with E-state index in [1.165, 1.54) is 0 Å². The maximum Gasteiger partial charge on any atom is 0.118 e. The monoisotopic (exact) mass is 124 g/mol. The molecule has 0 aliphatic carbocycles. The molecule has 0 unspecified atom stereocenters. The van der Waals surface area contributed by atoms with E-state index in [4.69, 9.17) is 0 Å². The van der Waals surface area contributed by atoms with Crippen LogP contribution in [0, 0.1) is 5.21 Å². The average Bonchev–Trinajstić information content (AvgIpc) is 1.91. The van der Waals surface area contributed by atoms with Crippen LogP contribution in [0.4, 0.5) is 0 Å². The molecule has 0 saturated heterocycles. The molecule has 0 aliphatic heterocycles. The molecule has 2 N–H and O–H groups in total. The highest BCUT2D eigenvalue weighted by Gasteiger charge is 1.86. The van der Waals surface area contributed by atoms with E-state index in [1.807, 2.05) is 18.2 Å². The molecule has 0 aromatic carbocycles. The van der Waals surface area contributed by atoms with Gasteiger partial charge in [0.15, 0.2) is 0 Å². The lowest BCUT2D eigenvalue weighted by Gasteiger charge is -1.98. The summed E-state index contributed by atoms with van der Waals surface area (Å²) in [6, 6.07) is 5.52. The Bertz CT molecular complexity index is 164. The van der Waals surface area contributed by atoms with Crippen LogP contribution < -0.4 is 5.48 Å². The van der Waals surface area contributed by atoms with Crippen molar-refractivity contribution in [2.45, 2.75) is 6.54 Å². The van der Waals surface area contributed by atoms with Crippen molar-refractivity contribution in [1.82, 2.24) is 4.98 Å². The smallest absolute Gasteiger partial charge is 0.118 e. The molecule has 0 fully saturated rings. The van der Waals surface area contributed by atoms with Crippen LogP contribution >= 0.6 is 0 Å². The fourth-order valence-electron chi connectivity index (χ4n) is 0.604. The van der Waals surface area contributed by atoms with Gasteiger partial charge in [-0.25, -0.2) is 0 Å². The molecule has 0 spiro atoms. The van der Waals surface area contributed by atoms with Crippen LogP contribution in [-0.2, 0) is 6.54 Å². The first-order valence-electron chi connectivity index (χ1n) is 2.77. The normalized spacial score (nSPS) is 9.44. The zero-order valence-corrected chi connectivity index (χ0v) is 4.95. The van der Waals surface area contributed by atoms with Crippen LogP contribution in [0.25, 0.3) is 0 Å². The SMILES string of the molecule is [O-][NH2+]Cc1ccccn1. The van der Waals surface area contributed by atoms with Gasteiger partial charge >= 0.3 is 0 Å². The number of rotatable bonds is 2. The van der Waals surface area contributed by atoms with Gasteiger partial charge < -0.3 is 10.7 Å². The van der Waals surface area contributed by atoms with E-state index in [1.54, 1.807) is 6.20 Å². The third-order valence-corrected chi connectivity index (χ3v) is 1.02. The van der Waals surface area contributed by atoms with Crippen LogP contribution in [0.3, 0.4) is 0 Å². The number of hydrogen-bond donors (Lipinski definition) is 1. The molecule has 1 heterocycles. The summed E-state index contributed by atoms with van der Waals surface area (Å²) in [7, 11) is 0. The minimum absolute atomic E-state index is 0.417. The van der Waals surface area contributed by atoms with Crippen molar-refractivity contribution in [1.29, 1.82) is 0 Å². The molecule has 1 aromatic heterocycles. The van der Waals surface area contributed by atoms with Crippen LogP contribution in [0.2, 0.25) is 0 Å². The fraction of sp³-hybridized carbons (Fsp3) is 0.167. The summed E-state index contributed by atoms with van der Waals surface area (Å²) in [4.78, 5) is 3.94. The zero-order valence-electron chi connectivity index (χ0n) is 4.95. The number of quaternary nitrogens is 1. The summed E-state index contributed by atoms with van der Waals surface area (Å²) in [5, 5.41) is 9.93. The molecule has 3 heteroatoms. The van der Waals surface area contributed by atoms with Gasteiger partial charge in [0, 0.05) is 6.20 Å². The van der Waals surface area contributed by atoms with Gasteiger partial charge in [0.1, 0.15) is 6.54 Å². The maximum atomic E-state index is 9.93. The Balaban J connectivity index is 2.61. The van der Waals surface area contributed by atoms with Crippen LogP contribution in [0.1, 0.15) is 5.69 Å². The van der Waals surface area contributed by atoms with Crippen molar-refractivity contribution in [3.05, 3.63) is 35.3 Å². The summed E-state index contributed by atoms with van der Waals surface area (Å²) < 4.78 is 0. The van der Waals surface area contributed by atoms with Crippen molar-refractivity contribution in [3.8, 4) is 0 Å². The molecule has 0 atom stereocenters. The Hall–Kier alpha value is -0.930. The van der Waals surface area contributed by atoms with Gasteiger partial charge in [-0.15, -0.1) is 0 Å². The Morgan fingerprint density at radius 3 is 3.00 bits per heavy atom. The molecule has 48 valence electrons. The van der Waals surface area contributed by atoms with E-state index in [9.17, 15) is 5.21 Å². The Morgan fingerprint density at radius 1 is 1.56 bits per heavy atom. The van der Waals surface area contributed by atoms with E-state index < -0.39 is 0 Å². The lowest BCUT2D eigenvalue weighted by Crippen LogP contribution is -2.75. The summed E-state index contributed by atoms with van der Waals surface area (Å²) in [5.74, 6) is 0. The summed E-state index contributed by atoms with van der Waals surface area (Å²) in [6.45, 7) is 0.417. The van der Waals surface area contributed by atoms with E-state index in [0.717, 1.165) is 11.2 Å². The van der Waals surface area contributed by atoms with Gasteiger partial charge in [0.2, 0.25) is 0 Å². The van der Waals surface area contributed by atoms with Crippen molar-refractivity contribution in [2.75, 3.05) is 0 Å². The molecular formula is C6H8N2O. The quantitative estimate of drug-likeness (QED) is 0.547. The van der Waals surface area contributed by atoms with Gasteiger partial charge in [-0.05, 0) is 12.1 Å². The number of nitrogens with two attached hydrogens (primary N) is 1.